The Labute approximate surface area is 119 Å². The van der Waals surface area contributed by atoms with Crippen LogP contribution in [-0.2, 0) is 0 Å². The smallest absolute Gasteiger partial charge is 0.119 e. The van der Waals surface area contributed by atoms with Crippen LogP contribution in [-0.4, -0.2) is 13.2 Å². The zero-order valence-corrected chi connectivity index (χ0v) is 11.5. The molecule has 3 nitrogen and oxygen atoms in total. The van der Waals surface area contributed by atoms with Crippen molar-refractivity contribution < 1.29 is 4.74 Å². The fourth-order valence-corrected chi connectivity index (χ4v) is 2.79. The van der Waals surface area contributed by atoms with E-state index in [1.165, 1.54) is 11.1 Å². The molecule has 0 bridgehead atoms. The van der Waals surface area contributed by atoms with Crippen molar-refractivity contribution in [3.05, 3.63) is 65.7 Å². The Balaban J connectivity index is 1.50. The molecule has 3 heteroatoms. The average molecular weight is 268 g/mol. The zero-order chi connectivity index (χ0) is 13.8. The first-order chi connectivity index (χ1) is 9.84. The number of nitrogens with two attached hydrogens (primary N) is 1. The number of fused-ring (bicyclic) bond motifs is 1. The Kier molecular flexibility index (Phi) is 4.00. The Morgan fingerprint density at radius 2 is 1.70 bits per heavy atom. The van der Waals surface area contributed by atoms with Gasteiger partial charge in [0, 0.05) is 18.6 Å². The fraction of sp³-hybridized carbons (Fsp3) is 0.294. The highest BCUT2D eigenvalue weighted by atomic mass is 16.5. The summed E-state index contributed by atoms with van der Waals surface area (Å²) in [5.74, 6) is 0.915. The van der Waals surface area contributed by atoms with Gasteiger partial charge in [0.25, 0.3) is 0 Å². The highest BCUT2D eigenvalue weighted by molar-refractivity contribution is 5.37. The number of rotatable bonds is 5. The van der Waals surface area contributed by atoms with Crippen molar-refractivity contribution in [3.63, 3.8) is 0 Å². The maximum Gasteiger partial charge on any atom is 0.119 e. The quantitative estimate of drug-likeness (QED) is 0.820. The summed E-state index contributed by atoms with van der Waals surface area (Å²) in [6.07, 6.45) is 0.963. The number of ether oxygens (including phenoxy) is 1. The van der Waals surface area contributed by atoms with E-state index >= 15 is 0 Å². The summed E-state index contributed by atoms with van der Waals surface area (Å²) in [4.78, 5) is 0. The summed E-state index contributed by atoms with van der Waals surface area (Å²) in [6, 6.07) is 18.8. The van der Waals surface area contributed by atoms with Gasteiger partial charge in [0.15, 0.2) is 0 Å². The van der Waals surface area contributed by atoms with E-state index in [1.54, 1.807) is 0 Å². The van der Waals surface area contributed by atoms with Gasteiger partial charge in [-0.3, -0.25) is 0 Å². The van der Waals surface area contributed by atoms with Crippen molar-refractivity contribution >= 4 is 0 Å². The Hall–Kier alpha value is -1.84. The largest absolute Gasteiger partial charge is 0.492 e. The minimum absolute atomic E-state index is 0.152. The van der Waals surface area contributed by atoms with Crippen LogP contribution < -0.4 is 15.8 Å². The normalized spacial score (nSPS) is 20.6. The van der Waals surface area contributed by atoms with E-state index < -0.39 is 0 Å². The molecule has 1 aliphatic rings. The first-order valence-corrected chi connectivity index (χ1v) is 7.10. The number of benzene rings is 2. The predicted molar refractivity (Wildman–Crippen MR) is 80.7 cm³/mol. The third kappa shape index (κ3) is 2.84. The maximum absolute atomic E-state index is 6.16. The van der Waals surface area contributed by atoms with Gasteiger partial charge in [-0.05, 0) is 29.7 Å². The van der Waals surface area contributed by atoms with E-state index in [4.69, 9.17) is 10.5 Å². The molecule has 2 aromatic carbocycles. The average Bonchev–Trinajstić information content (AvgIpc) is 2.82. The van der Waals surface area contributed by atoms with Gasteiger partial charge in [-0.15, -0.1) is 0 Å². The molecule has 2 atom stereocenters. The molecule has 0 radical (unpaired) electrons. The van der Waals surface area contributed by atoms with Crippen LogP contribution in [0.5, 0.6) is 5.75 Å². The van der Waals surface area contributed by atoms with Crippen molar-refractivity contribution in [1.82, 2.24) is 5.32 Å². The molecule has 0 fully saturated rings. The lowest BCUT2D eigenvalue weighted by molar-refractivity contribution is 0.304. The number of para-hydroxylation sites is 1. The predicted octanol–water partition coefficient (Wildman–Crippen LogP) is 2.80. The number of hydrogen-bond acceptors (Lipinski definition) is 3. The van der Waals surface area contributed by atoms with Gasteiger partial charge in [-0.25, -0.2) is 0 Å². The van der Waals surface area contributed by atoms with E-state index in [9.17, 15) is 0 Å². The van der Waals surface area contributed by atoms with Crippen LogP contribution in [0.3, 0.4) is 0 Å². The lowest BCUT2D eigenvalue weighted by Gasteiger charge is -2.14. The molecular formula is C17H20N2O. The second kappa shape index (κ2) is 6.07. The van der Waals surface area contributed by atoms with Crippen molar-refractivity contribution in [1.29, 1.82) is 0 Å². The van der Waals surface area contributed by atoms with Crippen LogP contribution in [0.1, 0.15) is 29.6 Å². The topological polar surface area (TPSA) is 47.3 Å². The third-order valence-electron chi connectivity index (χ3n) is 3.77. The monoisotopic (exact) mass is 268 g/mol. The Morgan fingerprint density at radius 3 is 2.50 bits per heavy atom. The summed E-state index contributed by atoms with van der Waals surface area (Å²) < 4.78 is 5.69. The van der Waals surface area contributed by atoms with E-state index in [2.05, 4.69) is 29.6 Å². The van der Waals surface area contributed by atoms with Gasteiger partial charge in [0.1, 0.15) is 12.4 Å². The zero-order valence-electron chi connectivity index (χ0n) is 11.5. The number of hydrogen-bond donors (Lipinski definition) is 2. The summed E-state index contributed by atoms with van der Waals surface area (Å²) in [5, 5.41) is 3.53. The fourth-order valence-electron chi connectivity index (χ4n) is 2.79. The molecule has 20 heavy (non-hydrogen) atoms. The van der Waals surface area contributed by atoms with Crippen molar-refractivity contribution in [2.75, 3.05) is 13.2 Å². The third-order valence-corrected chi connectivity index (χ3v) is 3.77. The van der Waals surface area contributed by atoms with Crippen molar-refractivity contribution in [2.24, 2.45) is 5.73 Å². The molecule has 0 heterocycles. The van der Waals surface area contributed by atoms with E-state index in [1.807, 2.05) is 30.3 Å². The van der Waals surface area contributed by atoms with E-state index in [-0.39, 0.29) is 6.04 Å². The van der Waals surface area contributed by atoms with Crippen LogP contribution >= 0.6 is 0 Å². The summed E-state index contributed by atoms with van der Waals surface area (Å²) in [7, 11) is 0. The van der Waals surface area contributed by atoms with Crippen molar-refractivity contribution in [2.45, 2.75) is 18.5 Å². The van der Waals surface area contributed by atoms with Crippen LogP contribution in [0.15, 0.2) is 54.6 Å². The van der Waals surface area contributed by atoms with Gasteiger partial charge in [-0.1, -0.05) is 42.5 Å². The highest BCUT2D eigenvalue weighted by Crippen LogP contribution is 2.36. The summed E-state index contributed by atoms with van der Waals surface area (Å²) >= 11 is 0. The maximum atomic E-state index is 6.16. The minimum Gasteiger partial charge on any atom is -0.492 e. The van der Waals surface area contributed by atoms with Gasteiger partial charge in [0.05, 0.1) is 0 Å². The molecule has 0 spiro atoms. The molecule has 0 saturated heterocycles. The lowest BCUT2D eigenvalue weighted by Crippen LogP contribution is -2.25. The second-order valence-electron chi connectivity index (χ2n) is 5.14. The molecule has 3 rings (SSSR count). The molecule has 1 aliphatic carbocycles. The van der Waals surface area contributed by atoms with Crippen molar-refractivity contribution in [3.8, 4) is 5.75 Å². The molecule has 104 valence electrons. The molecule has 3 N–H and O–H groups in total. The Bertz CT molecular complexity index is 556. The van der Waals surface area contributed by atoms with Gasteiger partial charge >= 0.3 is 0 Å². The van der Waals surface area contributed by atoms with Crippen LogP contribution in [0.4, 0.5) is 0 Å². The molecule has 0 saturated carbocycles. The summed E-state index contributed by atoms with van der Waals surface area (Å²) in [5.41, 5.74) is 8.77. The molecular weight excluding hydrogens is 248 g/mol. The lowest BCUT2D eigenvalue weighted by atomic mass is 10.1. The number of nitrogens with one attached hydrogen (secondary N) is 1. The van der Waals surface area contributed by atoms with Crippen LogP contribution in [0.2, 0.25) is 0 Å². The molecule has 0 aliphatic heterocycles. The highest BCUT2D eigenvalue weighted by Gasteiger charge is 2.27. The van der Waals surface area contributed by atoms with Crippen LogP contribution in [0, 0.1) is 0 Å². The minimum atomic E-state index is 0.152. The molecule has 0 aromatic heterocycles. The van der Waals surface area contributed by atoms with Crippen LogP contribution in [0.25, 0.3) is 0 Å². The van der Waals surface area contributed by atoms with E-state index in [0.29, 0.717) is 12.6 Å². The second-order valence-corrected chi connectivity index (χ2v) is 5.14. The molecule has 0 amide bonds. The molecule has 2 unspecified atom stereocenters. The van der Waals surface area contributed by atoms with Gasteiger partial charge < -0.3 is 15.8 Å². The Morgan fingerprint density at radius 1 is 1.00 bits per heavy atom. The SMILES string of the molecule is NC1CC(NCCOc2ccccc2)c2ccccc21. The molecule has 2 aromatic rings. The summed E-state index contributed by atoms with van der Waals surface area (Å²) in [6.45, 7) is 1.48. The van der Waals surface area contributed by atoms with Gasteiger partial charge in [-0.2, -0.15) is 0 Å². The van der Waals surface area contributed by atoms with Gasteiger partial charge in [0.2, 0.25) is 0 Å². The standard InChI is InChI=1S/C17H20N2O/c18-16-12-17(15-9-5-4-8-14(15)16)19-10-11-20-13-6-2-1-3-7-13/h1-9,16-17,19H,10-12,18H2. The first-order valence-electron chi connectivity index (χ1n) is 7.10. The van der Waals surface area contributed by atoms with E-state index in [0.717, 1.165) is 18.7 Å². The first kappa shape index (κ1) is 13.2.